The second kappa shape index (κ2) is 7.25. The molecular formula is C19H25N3O3. The molecule has 4 amide bonds. The van der Waals surface area contributed by atoms with Crippen molar-refractivity contribution in [2.75, 3.05) is 6.54 Å². The van der Waals surface area contributed by atoms with E-state index in [9.17, 15) is 14.4 Å². The molecule has 25 heavy (non-hydrogen) atoms. The molecule has 2 aliphatic rings. The molecule has 134 valence electrons. The largest absolute Gasteiger partial charge is 0.348 e. The van der Waals surface area contributed by atoms with Crippen molar-refractivity contribution in [3.05, 3.63) is 35.4 Å². The van der Waals surface area contributed by atoms with E-state index in [1.165, 1.54) is 5.56 Å². The maximum Gasteiger partial charge on any atom is 0.325 e. The Balaban J connectivity index is 1.62. The molecule has 0 aromatic heterocycles. The number of fused-ring (bicyclic) bond motifs is 1. The van der Waals surface area contributed by atoms with Gasteiger partial charge in [-0.3, -0.25) is 14.5 Å². The van der Waals surface area contributed by atoms with E-state index in [-0.39, 0.29) is 24.4 Å². The Bertz CT molecular complexity index is 686. The number of carbonyl (C=O) groups excluding carboxylic acids is 3. The van der Waals surface area contributed by atoms with Crippen LogP contribution in [0.15, 0.2) is 24.3 Å². The molecule has 3 rings (SSSR count). The summed E-state index contributed by atoms with van der Waals surface area (Å²) in [5.74, 6) is -0.310. The highest BCUT2D eigenvalue weighted by molar-refractivity contribution is 6.06. The van der Waals surface area contributed by atoms with Crippen LogP contribution < -0.4 is 10.6 Å². The van der Waals surface area contributed by atoms with Gasteiger partial charge in [0, 0.05) is 0 Å². The Kier molecular flexibility index (Phi) is 5.06. The van der Waals surface area contributed by atoms with Crippen molar-refractivity contribution >= 4 is 17.8 Å². The molecule has 0 spiro atoms. The van der Waals surface area contributed by atoms with E-state index in [1.807, 2.05) is 32.0 Å². The Labute approximate surface area is 148 Å². The Morgan fingerprint density at radius 1 is 1.32 bits per heavy atom. The number of aryl methyl sites for hydroxylation is 1. The molecule has 1 fully saturated rings. The van der Waals surface area contributed by atoms with E-state index in [0.717, 1.165) is 29.7 Å². The number of rotatable bonds is 5. The van der Waals surface area contributed by atoms with Gasteiger partial charge in [-0.05, 0) is 42.7 Å². The van der Waals surface area contributed by atoms with Crippen LogP contribution in [0, 0.1) is 5.92 Å². The monoisotopic (exact) mass is 343 g/mol. The maximum absolute atomic E-state index is 12.4. The molecule has 6 nitrogen and oxygen atoms in total. The van der Waals surface area contributed by atoms with Crippen molar-refractivity contribution in [1.29, 1.82) is 0 Å². The van der Waals surface area contributed by atoms with Crippen LogP contribution in [0.1, 0.15) is 50.3 Å². The first kappa shape index (κ1) is 17.5. The molecule has 0 unspecified atom stereocenters. The van der Waals surface area contributed by atoms with Crippen LogP contribution in [0.5, 0.6) is 0 Å². The minimum Gasteiger partial charge on any atom is -0.348 e. The Hall–Kier alpha value is -2.37. The van der Waals surface area contributed by atoms with Crippen molar-refractivity contribution in [3.8, 4) is 0 Å². The number of nitrogens with zero attached hydrogens (tertiary/aromatic N) is 1. The van der Waals surface area contributed by atoms with Gasteiger partial charge in [-0.15, -0.1) is 0 Å². The summed E-state index contributed by atoms with van der Waals surface area (Å²) < 4.78 is 0. The summed E-state index contributed by atoms with van der Waals surface area (Å²) in [6.45, 7) is 3.77. The lowest BCUT2D eigenvalue weighted by Crippen LogP contribution is -2.42. The number of benzene rings is 1. The van der Waals surface area contributed by atoms with Crippen molar-refractivity contribution in [2.45, 2.75) is 51.6 Å². The lowest BCUT2D eigenvalue weighted by molar-refractivity contribution is -0.132. The summed E-state index contributed by atoms with van der Waals surface area (Å²) in [7, 11) is 0. The average molecular weight is 343 g/mol. The lowest BCUT2D eigenvalue weighted by Gasteiger charge is -2.27. The van der Waals surface area contributed by atoms with E-state index in [4.69, 9.17) is 0 Å². The smallest absolute Gasteiger partial charge is 0.325 e. The van der Waals surface area contributed by atoms with Crippen LogP contribution in [-0.2, 0) is 16.0 Å². The summed E-state index contributed by atoms with van der Waals surface area (Å²) in [6, 6.07) is 7.05. The average Bonchev–Trinajstić information content (AvgIpc) is 2.82. The topological polar surface area (TPSA) is 78.5 Å². The molecule has 1 aliphatic heterocycles. The minimum absolute atomic E-state index is 0.0512. The quantitative estimate of drug-likeness (QED) is 0.804. The summed E-state index contributed by atoms with van der Waals surface area (Å²) in [6.07, 6.45) is 3.49. The van der Waals surface area contributed by atoms with Gasteiger partial charge < -0.3 is 10.6 Å². The van der Waals surface area contributed by atoms with Gasteiger partial charge in [0.15, 0.2) is 0 Å². The molecule has 1 saturated heterocycles. The second-order valence-corrected chi connectivity index (χ2v) is 7.27. The molecule has 2 atom stereocenters. The van der Waals surface area contributed by atoms with Gasteiger partial charge in [0.1, 0.15) is 12.6 Å². The SMILES string of the molecule is CC(C)C[C@H]1NC(=O)N(CC(=O)N[C@H]2CCCc3ccccc32)C1=O. The standard InChI is InChI=1S/C19H25N3O3/c1-12(2)10-16-18(24)22(19(25)21-16)11-17(23)20-15-9-5-7-13-6-3-4-8-14(13)15/h3-4,6,8,12,15-16H,5,7,9-11H2,1-2H3,(H,20,23)(H,21,25)/t15-,16+/m0/s1. The van der Waals surface area contributed by atoms with Gasteiger partial charge in [-0.2, -0.15) is 0 Å². The van der Waals surface area contributed by atoms with Gasteiger partial charge >= 0.3 is 6.03 Å². The lowest BCUT2D eigenvalue weighted by atomic mass is 9.88. The number of imide groups is 1. The molecule has 1 aromatic carbocycles. The number of hydrogen-bond acceptors (Lipinski definition) is 3. The third kappa shape index (κ3) is 3.83. The fourth-order valence-electron chi connectivity index (χ4n) is 3.65. The zero-order valence-corrected chi connectivity index (χ0v) is 14.7. The zero-order valence-electron chi connectivity index (χ0n) is 14.7. The Morgan fingerprint density at radius 3 is 2.84 bits per heavy atom. The van der Waals surface area contributed by atoms with E-state index < -0.39 is 12.1 Å². The van der Waals surface area contributed by atoms with Crippen LogP contribution in [0.25, 0.3) is 0 Å². The van der Waals surface area contributed by atoms with Gasteiger partial charge in [0.2, 0.25) is 5.91 Å². The number of nitrogens with one attached hydrogen (secondary N) is 2. The second-order valence-electron chi connectivity index (χ2n) is 7.27. The van der Waals surface area contributed by atoms with Crippen LogP contribution in [-0.4, -0.2) is 35.3 Å². The van der Waals surface area contributed by atoms with Crippen molar-refractivity contribution in [1.82, 2.24) is 15.5 Å². The van der Waals surface area contributed by atoms with Crippen molar-refractivity contribution in [2.24, 2.45) is 5.92 Å². The van der Waals surface area contributed by atoms with E-state index in [0.29, 0.717) is 12.3 Å². The molecule has 1 aromatic rings. The zero-order chi connectivity index (χ0) is 18.0. The van der Waals surface area contributed by atoms with Crippen molar-refractivity contribution < 1.29 is 14.4 Å². The predicted molar refractivity (Wildman–Crippen MR) is 93.8 cm³/mol. The van der Waals surface area contributed by atoms with Crippen LogP contribution in [0.4, 0.5) is 4.79 Å². The van der Waals surface area contributed by atoms with Crippen molar-refractivity contribution in [3.63, 3.8) is 0 Å². The fourth-order valence-corrected chi connectivity index (χ4v) is 3.65. The maximum atomic E-state index is 12.4. The summed E-state index contributed by atoms with van der Waals surface area (Å²) >= 11 is 0. The first-order valence-corrected chi connectivity index (χ1v) is 8.94. The van der Waals surface area contributed by atoms with Crippen LogP contribution in [0.2, 0.25) is 0 Å². The Morgan fingerprint density at radius 2 is 2.08 bits per heavy atom. The van der Waals surface area contributed by atoms with Crippen LogP contribution in [0.3, 0.4) is 0 Å². The van der Waals surface area contributed by atoms with Gasteiger partial charge in [0.25, 0.3) is 5.91 Å². The first-order valence-electron chi connectivity index (χ1n) is 8.94. The number of amides is 4. The molecule has 0 bridgehead atoms. The van der Waals surface area contributed by atoms with Crippen LogP contribution >= 0.6 is 0 Å². The highest BCUT2D eigenvalue weighted by Gasteiger charge is 2.39. The minimum atomic E-state index is -0.518. The molecule has 1 aliphatic carbocycles. The molecular weight excluding hydrogens is 318 g/mol. The van der Waals surface area contributed by atoms with Gasteiger partial charge in [-0.25, -0.2) is 4.79 Å². The summed E-state index contributed by atoms with van der Waals surface area (Å²) in [5.41, 5.74) is 2.39. The van der Waals surface area contributed by atoms with Gasteiger partial charge in [0.05, 0.1) is 6.04 Å². The summed E-state index contributed by atoms with van der Waals surface area (Å²) in [4.78, 5) is 37.8. The van der Waals surface area contributed by atoms with E-state index in [1.54, 1.807) is 0 Å². The molecule has 1 heterocycles. The van der Waals surface area contributed by atoms with E-state index >= 15 is 0 Å². The molecule has 2 N–H and O–H groups in total. The molecule has 6 heteroatoms. The third-order valence-electron chi connectivity index (χ3n) is 4.82. The molecule has 0 saturated carbocycles. The van der Waals surface area contributed by atoms with E-state index in [2.05, 4.69) is 16.7 Å². The van der Waals surface area contributed by atoms with Gasteiger partial charge in [-0.1, -0.05) is 38.1 Å². The summed E-state index contributed by atoms with van der Waals surface area (Å²) in [5, 5.41) is 5.65. The fraction of sp³-hybridized carbons (Fsp3) is 0.526. The number of carbonyl (C=O) groups is 3. The number of hydrogen-bond donors (Lipinski definition) is 2. The highest BCUT2D eigenvalue weighted by Crippen LogP contribution is 2.29. The third-order valence-corrected chi connectivity index (χ3v) is 4.82. The number of urea groups is 1. The molecule has 0 radical (unpaired) electrons. The highest BCUT2D eigenvalue weighted by atomic mass is 16.2. The first-order chi connectivity index (χ1) is 12.0. The predicted octanol–water partition coefficient (Wildman–Crippen LogP) is 2.15. The normalized spacial score (nSPS) is 22.8.